The highest BCUT2D eigenvalue weighted by Crippen LogP contribution is 2.49. The minimum Gasteiger partial charge on any atom is -0.506 e. The number of aliphatic hydroxyl groups is 1. The van der Waals surface area contributed by atoms with Crippen molar-refractivity contribution in [1.29, 1.82) is 0 Å². The number of aliphatic hydroxyl groups excluding tert-OH is 1. The number of hydrogen-bond acceptors (Lipinski definition) is 9. The third-order valence-corrected chi connectivity index (χ3v) is 6.63. The van der Waals surface area contributed by atoms with Gasteiger partial charge in [-0.1, -0.05) is 17.0 Å². The highest BCUT2D eigenvalue weighted by molar-refractivity contribution is 8.24. The van der Waals surface area contributed by atoms with Crippen LogP contribution in [-0.4, -0.2) is 56.2 Å². The number of nitrogens with zero attached hydrogens (tertiary/aromatic N) is 2. The Morgan fingerprint density at radius 1 is 1.31 bits per heavy atom. The van der Waals surface area contributed by atoms with Gasteiger partial charge in [0.15, 0.2) is 0 Å². The Bertz CT molecular complexity index is 754. The fraction of sp³-hybridized carbons (Fsp3) is 0.632. The van der Waals surface area contributed by atoms with Crippen LogP contribution in [0.3, 0.4) is 0 Å². The Morgan fingerprint density at radius 2 is 2.03 bits per heavy atom. The summed E-state index contributed by atoms with van der Waals surface area (Å²) in [6.45, 7) is 6.78. The van der Waals surface area contributed by atoms with Crippen LogP contribution < -0.4 is 9.03 Å². The van der Waals surface area contributed by atoms with Gasteiger partial charge >= 0.3 is 5.97 Å². The van der Waals surface area contributed by atoms with E-state index in [1.54, 1.807) is 17.2 Å². The molecule has 10 heteroatoms. The molecular formula is C19H31N3O6S. The van der Waals surface area contributed by atoms with Gasteiger partial charge in [0, 0.05) is 13.1 Å². The van der Waals surface area contributed by atoms with Crippen LogP contribution in [-0.2, 0) is 16.1 Å². The van der Waals surface area contributed by atoms with Gasteiger partial charge in [0.05, 0.1) is 12.0 Å². The van der Waals surface area contributed by atoms with Crippen LogP contribution >= 0.6 is 11.0 Å². The summed E-state index contributed by atoms with van der Waals surface area (Å²) in [6.07, 6.45) is 1.54. The van der Waals surface area contributed by atoms with Crippen molar-refractivity contribution in [1.82, 2.24) is 9.79 Å². The number of carbonyl (C=O) groups excluding carboxylic acids is 1. The number of phenolic OH excluding ortho intramolecular Hbond substituents is 1. The molecule has 2 atom stereocenters. The normalized spacial score (nSPS) is 26.3. The van der Waals surface area contributed by atoms with Crippen molar-refractivity contribution in [3.63, 3.8) is 0 Å². The summed E-state index contributed by atoms with van der Waals surface area (Å²) < 4.78 is 23.5. The van der Waals surface area contributed by atoms with Gasteiger partial charge in [-0.15, -0.1) is 5.06 Å². The first-order valence-electron chi connectivity index (χ1n) is 9.76. The van der Waals surface area contributed by atoms with Gasteiger partial charge in [-0.2, -0.15) is 4.72 Å². The van der Waals surface area contributed by atoms with Gasteiger partial charge in [0.1, 0.15) is 17.7 Å². The number of anilines is 1. The summed E-state index contributed by atoms with van der Waals surface area (Å²) >= 11 is 0. The van der Waals surface area contributed by atoms with Gasteiger partial charge in [-0.25, -0.2) is 4.79 Å². The second-order valence-electron chi connectivity index (χ2n) is 8.77. The standard InChI is InChI=1S/C19H31N3O6S/c1-19(2,3)18(25)28-21-8-4-5-14(11-21)9-13-6-7-15(16(23)10-13)22-12-17(24)20-29(22,26)27/h6-7,10,14,17,20,23-24,26-27H,4-5,8-9,11-12H2,1-3H3. The lowest BCUT2D eigenvalue weighted by Gasteiger charge is -2.37. The molecular weight excluding hydrogens is 398 g/mol. The number of aromatic hydroxyl groups is 1. The van der Waals surface area contributed by atoms with E-state index in [4.69, 9.17) is 4.84 Å². The first kappa shape index (κ1) is 22.1. The molecule has 2 saturated heterocycles. The summed E-state index contributed by atoms with van der Waals surface area (Å²) in [5, 5.41) is 21.8. The first-order valence-corrected chi connectivity index (χ1v) is 11.3. The highest BCUT2D eigenvalue weighted by atomic mass is 32.3. The summed E-state index contributed by atoms with van der Waals surface area (Å²) in [5.74, 6) is -0.0526. The summed E-state index contributed by atoms with van der Waals surface area (Å²) in [7, 11) is -3.36. The van der Waals surface area contributed by atoms with Crippen molar-refractivity contribution in [3.05, 3.63) is 23.8 Å². The molecule has 164 valence electrons. The van der Waals surface area contributed by atoms with Crippen molar-refractivity contribution in [2.75, 3.05) is 23.9 Å². The van der Waals surface area contributed by atoms with Crippen LogP contribution in [0.2, 0.25) is 0 Å². The Balaban J connectivity index is 1.63. The number of phenols is 1. The van der Waals surface area contributed by atoms with Crippen molar-refractivity contribution in [2.45, 2.75) is 46.3 Å². The molecule has 0 saturated carbocycles. The molecule has 0 aromatic heterocycles. The second kappa shape index (κ2) is 8.29. The molecule has 0 radical (unpaired) electrons. The zero-order valence-electron chi connectivity index (χ0n) is 17.0. The third-order valence-electron chi connectivity index (χ3n) is 5.08. The molecule has 9 nitrogen and oxygen atoms in total. The predicted molar refractivity (Wildman–Crippen MR) is 111 cm³/mol. The lowest BCUT2D eigenvalue weighted by Crippen LogP contribution is -2.40. The van der Waals surface area contributed by atoms with Gasteiger partial charge in [-0.05, 0) is 63.6 Å². The maximum atomic E-state index is 12.1. The van der Waals surface area contributed by atoms with E-state index >= 15 is 0 Å². The van der Waals surface area contributed by atoms with E-state index in [0.717, 1.165) is 18.4 Å². The molecule has 1 aromatic carbocycles. The molecule has 2 heterocycles. The predicted octanol–water partition coefficient (Wildman–Crippen LogP) is 2.46. The monoisotopic (exact) mass is 429 g/mol. The molecule has 5 N–H and O–H groups in total. The number of β-amino-alcohol motifs (C(OH)–C–C–N with tert-alkyl or cyclic N) is 1. The molecule has 2 aliphatic rings. The van der Waals surface area contributed by atoms with Crippen molar-refractivity contribution in [2.24, 2.45) is 11.3 Å². The van der Waals surface area contributed by atoms with Crippen LogP contribution in [0.4, 0.5) is 5.69 Å². The third kappa shape index (κ3) is 5.33. The van der Waals surface area contributed by atoms with Crippen LogP contribution in [0.1, 0.15) is 39.2 Å². The average Bonchev–Trinajstić information content (AvgIpc) is 2.86. The van der Waals surface area contributed by atoms with Crippen molar-refractivity contribution in [3.8, 4) is 5.75 Å². The number of hydroxylamine groups is 2. The molecule has 3 rings (SSSR count). The van der Waals surface area contributed by atoms with Gasteiger partial charge in [-0.3, -0.25) is 13.4 Å². The topological polar surface area (TPSA) is 126 Å². The fourth-order valence-corrected chi connectivity index (χ4v) is 4.90. The van der Waals surface area contributed by atoms with E-state index in [2.05, 4.69) is 4.72 Å². The molecule has 2 unspecified atom stereocenters. The molecule has 2 fully saturated rings. The van der Waals surface area contributed by atoms with E-state index in [9.17, 15) is 24.1 Å². The lowest BCUT2D eigenvalue weighted by atomic mass is 9.92. The maximum Gasteiger partial charge on any atom is 0.330 e. The zero-order chi connectivity index (χ0) is 21.4. The largest absolute Gasteiger partial charge is 0.506 e. The molecule has 0 aliphatic carbocycles. The maximum absolute atomic E-state index is 12.1. The van der Waals surface area contributed by atoms with E-state index in [1.807, 2.05) is 26.8 Å². The SMILES string of the molecule is CC(C)(C)C(=O)ON1CCCC(Cc2ccc(N3CC(O)NS3(O)O)c(O)c2)C1. The number of piperidine rings is 1. The number of carbonyl (C=O) groups is 1. The Kier molecular flexibility index (Phi) is 6.32. The van der Waals surface area contributed by atoms with E-state index in [-0.39, 0.29) is 29.9 Å². The van der Waals surface area contributed by atoms with Gasteiger partial charge < -0.3 is 15.1 Å². The first-order chi connectivity index (χ1) is 13.5. The molecule has 0 amide bonds. The van der Waals surface area contributed by atoms with Crippen LogP contribution in [0, 0.1) is 11.3 Å². The zero-order valence-corrected chi connectivity index (χ0v) is 17.9. The molecule has 1 aromatic rings. The fourth-order valence-electron chi connectivity index (χ4n) is 3.55. The van der Waals surface area contributed by atoms with Crippen LogP contribution in [0.15, 0.2) is 18.2 Å². The average molecular weight is 430 g/mol. The van der Waals surface area contributed by atoms with Crippen LogP contribution in [0.5, 0.6) is 5.75 Å². The molecule has 0 bridgehead atoms. The number of benzene rings is 1. The minimum absolute atomic E-state index is 0.0357. The Hall–Kier alpha value is -1.56. The smallest absolute Gasteiger partial charge is 0.330 e. The molecule has 0 spiro atoms. The highest BCUT2D eigenvalue weighted by Gasteiger charge is 2.36. The Morgan fingerprint density at radius 3 is 2.62 bits per heavy atom. The minimum atomic E-state index is -3.36. The summed E-state index contributed by atoms with van der Waals surface area (Å²) in [6, 6.07) is 5.06. The van der Waals surface area contributed by atoms with Gasteiger partial charge in [0.2, 0.25) is 0 Å². The molecule has 29 heavy (non-hydrogen) atoms. The van der Waals surface area contributed by atoms with E-state index in [0.29, 0.717) is 19.5 Å². The quantitative estimate of drug-likeness (QED) is 0.491. The van der Waals surface area contributed by atoms with Gasteiger partial charge in [0.25, 0.3) is 0 Å². The van der Waals surface area contributed by atoms with Crippen molar-refractivity contribution < 1.29 is 29.0 Å². The Labute approximate surface area is 172 Å². The number of hydrogen-bond donors (Lipinski definition) is 5. The molecule has 2 aliphatic heterocycles. The lowest BCUT2D eigenvalue weighted by molar-refractivity contribution is -0.207. The van der Waals surface area contributed by atoms with Crippen molar-refractivity contribution >= 4 is 22.6 Å². The summed E-state index contributed by atoms with van der Waals surface area (Å²) in [4.78, 5) is 17.6. The van der Waals surface area contributed by atoms with Crippen LogP contribution in [0.25, 0.3) is 0 Å². The summed E-state index contributed by atoms with van der Waals surface area (Å²) in [5.41, 5.74) is 0.607. The second-order valence-corrected chi connectivity index (χ2v) is 10.5. The van der Waals surface area contributed by atoms with E-state index in [1.165, 1.54) is 4.31 Å². The number of rotatable bonds is 4. The number of nitrogens with one attached hydrogen (secondary N) is 1. The van der Waals surface area contributed by atoms with E-state index < -0.39 is 22.6 Å².